The first-order valence-corrected chi connectivity index (χ1v) is 9.09. The lowest BCUT2D eigenvalue weighted by molar-refractivity contribution is -0.135. The molecule has 1 saturated heterocycles. The fourth-order valence-corrected chi connectivity index (χ4v) is 3.28. The lowest BCUT2D eigenvalue weighted by Crippen LogP contribution is -2.44. The molecule has 0 bridgehead atoms. The minimum Gasteiger partial charge on any atom is -0.497 e. The van der Waals surface area contributed by atoms with Crippen molar-refractivity contribution in [3.8, 4) is 5.75 Å². The average molecular weight is 381 g/mol. The zero-order chi connectivity index (χ0) is 20.1. The van der Waals surface area contributed by atoms with Gasteiger partial charge in [0.05, 0.1) is 7.11 Å². The average Bonchev–Trinajstić information content (AvgIpc) is 2.98. The molecule has 1 heterocycles. The van der Waals surface area contributed by atoms with Gasteiger partial charge in [0.15, 0.2) is 0 Å². The van der Waals surface area contributed by atoms with E-state index < -0.39 is 23.4 Å². The number of nitrogens with zero attached hydrogens (tertiary/aromatic N) is 1. The Morgan fingerprint density at radius 1 is 1.11 bits per heavy atom. The van der Waals surface area contributed by atoms with E-state index in [1.165, 1.54) is 0 Å². The number of carbonyl (C=O) groups excluding carboxylic acids is 3. The van der Waals surface area contributed by atoms with Crippen LogP contribution in [0.1, 0.15) is 24.5 Å². The molecule has 4 amide bonds. The first-order chi connectivity index (χ1) is 13.5. The second-order valence-electron chi connectivity index (χ2n) is 6.57. The topological polar surface area (TPSA) is 87.7 Å². The Morgan fingerprint density at radius 3 is 2.39 bits per heavy atom. The number of rotatable bonds is 7. The molecule has 0 radical (unpaired) electrons. The van der Waals surface area contributed by atoms with Crippen LogP contribution in [-0.2, 0) is 21.7 Å². The van der Waals surface area contributed by atoms with Crippen LogP contribution in [0.3, 0.4) is 0 Å². The van der Waals surface area contributed by atoms with Crippen LogP contribution >= 0.6 is 0 Å². The van der Waals surface area contributed by atoms with Gasteiger partial charge in [0, 0.05) is 6.54 Å². The van der Waals surface area contributed by atoms with Crippen LogP contribution in [0, 0.1) is 0 Å². The maximum absolute atomic E-state index is 13.1. The molecule has 2 aromatic rings. The van der Waals surface area contributed by atoms with Gasteiger partial charge in [-0.2, -0.15) is 0 Å². The number of carbonyl (C=O) groups is 3. The fraction of sp³-hybridized carbons (Fsp3) is 0.286. The maximum Gasteiger partial charge on any atom is 0.325 e. The molecular weight excluding hydrogens is 358 g/mol. The molecule has 0 aliphatic carbocycles. The predicted molar refractivity (Wildman–Crippen MR) is 103 cm³/mol. The summed E-state index contributed by atoms with van der Waals surface area (Å²) < 4.78 is 5.15. The summed E-state index contributed by atoms with van der Waals surface area (Å²) in [6.07, 6.45) is 0.367. The second-order valence-corrected chi connectivity index (χ2v) is 6.57. The van der Waals surface area contributed by atoms with Gasteiger partial charge in [-0.1, -0.05) is 49.4 Å². The van der Waals surface area contributed by atoms with E-state index >= 15 is 0 Å². The van der Waals surface area contributed by atoms with Crippen molar-refractivity contribution < 1.29 is 19.1 Å². The predicted octanol–water partition coefficient (Wildman–Crippen LogP) is 2.17. The van der Waals surface area contributed by atoms with Crippen LogP contribution in [0.2, 0.25) is 0 Å². The van der Waals surface area contributed by atoms with Crippen molar-refractivity contribution in [2.75, 3.05) is 13.7 Å². The molecule has 1 aliphatic rings. The molecule has 28 heavy (non-hydrogen) atoms. The molecule has 2 aromatic carbocycles. The highest BCUT2D eigenvalue weighted by molar-refractivity contribution is 6.09. The van der Waals surface area contributed by atoms with E-state index in [9.17, 15) is 14.4 Å². The van der Waals surface area contributed by atoms with Crippen molar-refractivity contribution >= 4 is 17.8 Å². The molecule has 0 unspecified atom stereocenters. The van der Waals surface area contributed by atoms with Crippen LogP contribution in [0.4, 0.5) is 4.79 Å². The van der Waals surface area contributed by atoms with Gasteiger partial charge in [-0.15, -0.1) is 0 Å². The molecule has 7 heteroatoms. The standard InChI is InChI=1S/C21H23N3O4/c1-3-21(16-9-11-17(28-2)12-10-16)19(26)24(20(27)23-21)14-18(25)22-13-15-7-5-4-6-8-15/h4-12H,3,13-14H2,1-2H3,(H,22,25)(H,23,27)/t21-/m1/s1. The molecule has 146 valence electrons. The first-order valence-electron chi connectivity index (χ1n) is 9.09. The number of ether oxygens (including phenoxy) is 1. The molecule has 7 nitrogen and oxygen atoms in total. The van der Waals surface area contributed by atoms with Crippen molar-refractivity contribution in [2.45, 2.75) is 25.4 Å². The molecule has 0 saturated carbocycles. The Hall–Kier alpha value is -3.35. The Morgan fingerprint density at radius 2 is 1.79 bits per heavy atom. The molecule has 1 fully saturated rings. The van der Waals surface area contributed by atoms with Gasteiger partial charge in [0.2, 0.25) is 5.91 Å². The highest BCUT2D eigenvalue weighted by Crippen LogP contribution is 2.33. The summed E-state index contributed by atoms with van der Waals surface area (Å²) in [4.78, 5) is 38.8. The number of hydrogen-bond acceptors (Lipinski definition) is 4. The molecular formula is C21H23N3O4. The summed E-state index contributed by atoms with van der Waals surface area (Å²) in [7, 11) is 1.56. The van der Waals surface area contributed by atoms with Gasteiger partial charge in [0.25, 0.3) is 5.91 Å². The van der Waals surface area contributed by atoms with Crippen molar-refractivity contribution in [1.29, 1.82) is 0 Å². The Bertz CT molecular complexity index is 867. The molecule has 3 rings (SSSR count). The van der Waals surface area contributed by atoms with Gasteiger partial charge >= 0.3 is 6.03 Å². The molecule has 0 spiro atoms. The van der Waals surface area contributed by atoms with E-state index in [0.29, 0.717) is 24.3 Å². The van der Waals surface area contributed by atoms with E-state index in [4.69, 9.17) is 4.74 Å². The van der Waals surface area contributed by atoms with Crippen LogP contribution < -0.4 is 15.4 Å². The van der Waals surface area contributed by atoms with Crippen molar-refractivity contribution in [3.63, 3.8) is 0 Å². The normalized spacial score (nSPS) is 18.7. The number of imide groups is 1. The minimum atomic E-state index is -1.18. The van der Waals surface area contributed by atoms with Crippen molar-refractivity contribution in [3.05, 3.63) is 65.7 Å². The second kappa shape index (κ2) is 8.12. The Balaban J connectivity index is 1.71. The number of amides is 4. The molecule has 1 atom stereocenters. The molecule has 0 aromatic heterocycles. The summed E-state index contributed by atoms with van der Waals surface area (Å²) in [5.41, 5.74) is 0.416. The van der Waals surface area contributed by atoms with Gasteiger partial charge in [-0.25, -0.2) is 4.79 Å². The minimum absolute atomic E-state index is 0.324. The lowest BCUT2D eigenvalue weighted by atomic mass is 9.87. The van der Waals surface area contributed by atoms with E-state index in [-0.39, 0.29) is 6.54 Å². The number of benzene rings is 2. The van der Waals surface area contributed by atoms with Crippen LogP contribution in [0.15, 0.2) is 54.6 Å². The van der Waals surface area contributed by atoms with E-state index in [0.717, 1.165) is 10.5 Å². The smallest absolute Gasteiger partial charge is 0.325 e. The SMILES string of the molecule is CC[C@]1(c2ccc(OC)cc2)NC(=O)N(CC(=O)NCc2ccccc2)C1=O. The summed E-state index contributed by atoms with van der Waals surface area (Å²) >= 11 is 0. The number of nitrogens with one attached hydrogen (secondary N) is 2. The van der Waals surface area contributed by atoms with Crippen LogP contribution in [0.25, 0.3) is 0 Å². The number of methoxy groups -OCH3 is 1. The summed E-state index contributed by atoms with van der Waals surface area (Å²) in [5, 5.41) is 5.50. The van der Waals surface area contributed by atoms with Gasteiger partial charge in [-0.05, 0) is 29.7 Å². The van der Waals surface area contributed by atoms with E-state index in [1.807, 2.05) is 37.3 Å². The molecule has 2 N–H and O–H groups in total. The first kappa shape index (κ1) is 19.4. The zero-order valence-corrected chi connectivity index (χ0v) is 15.9. The van der Waals surface area contributed by atoms with E-state index in [2.05, 4.69) is 10.6 Å². The third-order valence-corrected chi connectivity index (χ3v) is 4.92. The zero-order valence-electron chi connectivity index (χ0n) is 15.9. The third-order valence-electron chi connectivity index (χ3n) is 4.92. The Kier molecular flexibility index (Phi) is 5.63. The molecule has 1 aliphatic heterocycles. The third kappa shape index (κ3) is 3.69. The van der Waals surface area contributed by atoms with Gasteiger partial charge in [-0.3, -0.25) is 14.5 Å². The Labute approximate surface area is 163 Å². The number of hydrogen-bond donors (Lipinski definition) is 2. The maximum atomic E-state index is 13.1. The summed E-state index contributed by atoms with van der Waals surface area (Å²) in [5.74, 6) is -0.169. The lowest BCUT2D eigenvalue weighted by Gasteiger charge is -2.26. The van der Waals surface area contributed by atoms with Crippen molar-refractivity contribution in [2.24, 2.45) is 0 Å². The summed E-state index contributed by atoms with van der Waals surface area (Å²) in [6.45, 7) is 1.83. The summed E-state index contributed by atoms with van der Waals surface area (Å²) in [6, 6.07) is 15.8. The highest BCUT2D eigenvalue weighted by atomic mass is 16.5. The largest absolute Gasteiger partial charge is 0.497 e. The quantitative estimate of drug-likeness (QED) is 0.720. The van der Waals surface area contributed by atoms with Crippen molar-refractivity contribution in [1.82, 2.24) is 15.5 Å². The highest BCUT2D eigenvalue weighted by Gasteiger charge is 2.51. The number of urea groups is 1. The van der Waals surface area contributed by atoms with Crippen LogP contribution in [0.5, 0.6) is 5.75 Å². The van der Waals surface area contributed by atoms with Gasteiger partial charge in [0.1, 0.15) is 17.8 Å². The fourth-order valence-electron chi connectivity index (χ4n) is 3.28. The monoisotopic (exact) mass is 381 g/mol. The van der Waals surface area contributed by atoms with Crippen LogP contribution in [-0.4, -0.2) is 36.4 Å². The van der Waals surface area contributed by atoms with E-state index in [1.54, 1.807) is 31.4 Å². The van der Waals surface area contributed by atoms with Gasteiger partial charge < -0.3 is 15.4 Å².